The number of carbonyl (C=O) groups excluding carboxylic acids is 2. The average Bonchev–Trinajstić information content (AvgIpc) is 2.95. The average molecular weight is 388 g/mol. The summed E-state index contributed by atoms with van der Waals surface area (Å²) in [6.07, 6.45) is 1.88. The predicted molar refractivity (Wildman–Crippen MR) is 103 cm³/mol. The molecule has 0 bridgehead atoms. The Hall–Kier alpha value is -2.94. The van der Waals surface area contributed by atoms with Crippen molar-refractivity contribution in [2.75, 3.05) is 22.1 Å². The maximum absolute atomic E-state index is 12.2. The highest BCUT2D eigenvalue weighted by molar-refractivity contribution is 7.91. The minimum atomic E-state index is -3.04. The van der Waals surface area contributed by atoms with Gasteiger partial charge in [-0.3, -0.25) is 9.59 Å². The quantitative estimate of drug-likeness (QED) is 0.718. The second kappa shape index (κ2) is 7.75. The Morgan fingerprint density at radius 1 is 1.07 bits per heavy atom. The number of nitrogens with zero attached hydrogens (tertiary/aromatic N) is 1. The van der Waals surface area contributed by atoms with Crippen molar-refractivity contribution in [3.05, 3.63) is 48.2 Å². The van der Waals surface area contributed by atoms with Crippen LogP contribution in [0.25, 0.3) is 0 Å². The number of rotatable bonds is 5. The Morgan fingerprint density at radius 3 is 2.33 bits per heavy atom. The maximum atomic E-state index is 12.2. The summed E-state index contributed by atoms with van der Waals surface area (Å²) in [5, 5.41) is 8.51. The maximum Gasteiger partial charge on any atom is 0.253 e. The molecule has 1 aromatic heterocycles. The molecule has 1 fully saturated rings. The topological polar surface area (TPSA) is 117 Å². The molecule has 1 aromatic carbocycles. The molecule has 27 heavy (non-hydrogen) atoms. The summed E-state index contributed by atoms with van der Waals surface area (Å²) in [4.78, 5) is 27.4. The van der Waals surface area contributed by atoms with E-state index in [4.69, 9.17) is 0 Å². The monoisotopic (exact) mass is 388 g/mol. The van der Waals surface area contributed by atoms with Crippen molar-refractivity contribution in [1.82, 2.24) is 10.3 Å². The van der Waals surface area contributed by atoms with Crippen molar-refractivity contribution < 1.29 is 18.0 Å². The molecule has 0 radical (unpaired) electrons. The number of pyridine rings is 1. The summed E-state index contributed by atoms with van der Waals surface area (Å²) in [5.41, 5.74) is 1.85. The van der Waals surface area contributed by atoms with Crippen molar-refractivity contribution in [3.63, 3.8) is 0 Å². The number of carbonyl (C=O) groups is 2. The molecule has 1 atom stereocenters. The van der Waals surface area contributed by atoms with Crippen molar-refractivity contribution in [2.24, 2.45) is 0 Å². The molecule has 0 aliphatic carbocycles. The van der Waals surface area contributed by atoms with E-state index in [1.165, 1.54) is 13.1 Å². The molecule has 1 unspecified atom stereocenters. The van der Waals surface area contributed by atoms with E-state index in [9.17, 15) is 18.0 Å². The van der Waals surface area contributed by atoms with Gasteiger partial charge in [0.1, 0.15) is 5.82 Å². The van der Waals surface area contributed by atoms with Crippen molar-refractivity contribution >= 4 is 38.8 Å². The molecule has 3 N–H and O–H groups in total. The van der Waals surface area contributed by atoms with E-state index in [2.05, 4.69) is 20.9 Å². The number of anilines is 3. The van der Waals surface area contributed by atoms with E-state index in [1.54, 1.807) is 36.4 Å². The van der Waals surface area contributed by atoms with E-state index in [0.717, 1.165) is 5.69 Å². The highest BCUT2D eigenvalue weighted by Crippen LogP contribution is 2.18. The summed E-state index contributed by atoms with van der Waals surface area (Å²) < 4.78 is 22.9. The second-order valence-corrected chi connectivity index (χ2v) is 8.62. The molecule has 2 aromatic rings. The highest BCUT2D eigenvalue weighted by atomic mass is 32.2. The van der Waals surface area contributed by atoms with Gasteiger partial charge in [-0.1, -0.05) is 0 Å². The summed E-state index contributed by atoms with van der Waals surface area (Å²) >= 11 is 0. The molecular formula is C18H20N4O4S. The van der Waals surface area contributed by atoms with Gasteiger partial charge in [0.05, 0.1) is 17.1 Å². The number of hydrogen-bond donors (Lipinski definition) is 3. The third kappa shape index (κ3) is 5.27. The first-order valence-electron chi connectivity index (χ1n) is 8.43. The summed E-state index contributed by atoms with van der Waals surface area (Å²) in [5.74, 6) is 0.180. The minimum Gasteiger partial charge on any atom is -0.348 e. The molecule has 2 amide bonds. The highest BCUT2D eigenvalue weighted by Gasteiger charge is 2.29. The van der Waals surface area contributed by atoms with Gasteiger partial charge >= 0.3 is 0 Å². The molecular weight excluding hydrogens is 368 g/mol. The molecule has 0 spiro atoms. The largest absolute Gasteiger partial charge is 0.348 e. The van der Waals surface area contributed by atoms with Crippen LogP contribution < -0.4 is 16.0 Å². The van der Waals surface area contributed by atoms with Gasteiger partial charge in [-0.2, -0.15) is 0 Å². The summed E-state index contributed by atoms with van der Waals surface area (Å²) in [6.45, 7) is 1.44. The van der Waals surface area contributed by atoms with Crippen LogP contribution in [0.4, 0.5) is 17.2 Å². The lowest BCUT2D eigenvalue weighted by atomic mass is 10.2. The van der Waals surface area contributed by atoms with Crippen molar-refractivity contribution in [1.29, 1.82) is 0 Å². The smallest absolute Gasteiger partial charge is 0.253 e. The lowest BCUT2D eigenvalue weighted by Crippen LogP contribution is -2.35. The molecule has 3 rings (SSSR count). The van der Waals surface area contributed by atoms with E-state index in [-0.39, 0.29) is 29.4 Å². The van der Waals surface area contributed by atoms with Gasteiger partial charge in [-0.25, -0.2) is 13.4 Å². The van der Waals surface area contributed by atoms with Crippen LogP contribution >= 0.6 is 0 Å². The zero-order valence-corrected chi connectivity index (χ0v) is 15.5. The molecule has 9 heteroatoms. The van der Waals surface area contributed by atoms with Gasteiger partial charge in [0.25, 0.3) is 5.91 Å². The Morgan fingerprint density at radius 2 is 1.78 bits per heavy atom. The van der Waals surface area contributed by atoms with Gasteiger partial charge in [0.2, 0.25) is 5.91 Å². The molecule has 142 valence electrons. The Bertz CT molecular complexity index is 940. The first-order chi connectivity index (χ1) is 12.8. The molecule has 0 saturated carbocycles. The molecule has 1 aliphatic heterocycles. The lowest BCUT2D eigenvalue weighted by Gasteiger charge is -2.11. The number of nitrogens with one attached hydrogen (secondary N) is 3. The van der Waals surface area contributed by atoms with E-state index < -0.39 is 9.84 Å². The summed E-state index contributed by atoms with van der Waals surface area (Å²) in [6, 6.07) is 10.1. The van der Waals surface area contributed by atoms with Crippen molar-refractivity contribution in [2.45, 2.75) is 19.4 Å². The normalized spacial score (nSPS) is 17.9. The van der Waals surface area contributed by atoms with E-state index in [0.29, 0.717) is 23.5 Å². The van der Waals surface area contributed by atoms with Crippen molar-refractivity contribution in [3.8, 4) is 0 Å². The molecule has 8 nitrogen and oxygen atoms in total. The second-order valence-electron chi connectivity index (χ2n) is 6.39. The first-order valence-corrected chi connectivity index (χ1v) is 10.2. The van der Waals surface area contributed by atoms with E-state index in [1.807, 2.05) is 0 Å². The SMILES string of the molecule is CC(=O)Nc1ccc(Nc2ccc(C(=O)NC3CCS(=O)(=O)C3)cn2)cc1. The van der Waals surface area contributed by atoms with E-state index >= 15 is 0 Å². The number of hydrogen-bond acceptors (Lipinski definition) is 6. The first kappa shape index (κ1) is 18.8. The van der Waals surface area contributed by atoms with Crippen LogP contribution in [0.15, 0.2) is 42.6 Å². The summed E-state index contributed by atoms with van der Waals surface area (Å²) in [7, 11) is -3.04. The number of benzene rings is 1. The van der Waals surface area contributed by atoms with Crippen LogP contribution in [0.1, 0.15) is 23.7 Å². The van der Waals surface area contributed by atoms with Crippen LogP contribution in [-0.2, 0) is 14.6 Å². The third-order valence-electron chi connectivity index (χ3n) is 4.07. The number of amides is 2. The molecule has 1 saturated heterocycles. The van der Waals surface area contributed by atoms with Gasteiger partial charge in [0.15, 0.2) is 9.84 Å². The fourth-order valence-corrected chi connectivity index (χ4v) is 4.44. The fourth-order valence-electron chi connectivity index (χ4n) is 2.77. The lowest BCUT2D eigenvalue weighted by molar-refractivity contribution is -0.114. The minimum absolute atomic E-state index is 0.0136. The standard InChI is InChI=1S/C18H20N4O4S/c1-12(23)20-14-3-5-15(6-4-14)21-17-7-2-13(10-19-17)18(24)22-16-8-9-27(25,26)11-16/h2-7,10,16H,8-9,11H2,1H3,(H,19,21)(H,20,23)(H,22,24). The molecule has 2 heterocycles. The number of aromatic nitrogens is 1. The van der Waals surface area contributed by atoms with Gasteiger partial charge in [-0.05, 0) is 42.8 Å². The zero-order chi connectivity index (χ0) is 19.4. The molecule has 1 aliphatic rings. The van der Waals surface area contributed by atoms with Crippen LogP contribution in [0.5, 0.6) is 0 Å². The Kier molecular flexibility index (Phi) is 5.41. The Labute approximate surface area is 157 Å². The van der Waals surface area contributed by atoms with Gasteiger partial charge < -0.3 is 16.0 Å². The Balaban J connectivity index is 1.58. The predicted octanol–water partition coefficient (Wildman–Crippen LogP) is 1.70. The van der Waals surface area contributed by atoms with Crippen LogP contribution in [0, 0.1) is 0 Å². The van der Waals surface area contributed by atoms with Crippen LogP contribution in [0.2, 0.25) is 0 Å². The van der Waals surface area contributed by atoms with Crippen LogP contribution in [-0.4, -0.2) is 42.8 Å². The third-order valence-corrected chi connectivity index (χ3v) is 5.84. The fraction of sp³-hybridized carbons (Fsp3) is 0.278. The zero-order valence-electron chi connectivity index (χ0n) is 14.7. The van der Waals surface area contributed by atoms with Gasteiger partial charge in [0, 0.05) is 30.5 Å². The van der Waals surface area contributed by atoms with Gasteiger partial charge in [-0.15, -0.1) is 0 Å². The van der Waals surface area contributed by atoms with Crippen LogP contribution in [0.3, 0.4) is 0 Å². The number of sulfone groups is 1.